The number of aromatic amines is 1. The van der Waals surface area contributed by atoms with E-state index in [0.717, 1.165) is 33.4 Å². The van der Waals surface area contributed by atoms with Crippen LogP contribution in [0.25, 0.3) is 22.6 Å². The Bertz CT molecular complexity index is 1080. The van der Waals surface area contributed by atoms with Crippen LogP contribution in [-0.2, 0) is 11.3 Å². The van der Waals surface area contributed by atoms with E-state index in [1.807, 2.05) is 60.7 Å². The van der Waals surface area contributed by atoms with Crippen molar-refractivity contribution in [3.63, 3.8) is 0 Å². The number of imidazole rings is 1. The second kappa shape index (κ2) is 9.03. The summed E-state index contributed by atoms with van der Waals surface area (Å²) in [5.41, 5.74) is 2.81. The fraction of sp³-hybridized carbons (Fsp3) is 0.0909. The van der Waals surface area contributed by atoms with Gasteiger partial charge in [0.2, 0.25) is 5.91 Å². The van der Waals surface area contributed by atoms with Gasteiger partial charge in [0.1, 0.15) is 16.6 Å². The lowest BCUT2D eigenvalue weighted by Crippen LogP contribution is -2.24. The Morgan fingerprint density at radius 2 is 1.83 bits per heavy atom. The number of carbonyl (C=O) groups excluding carboxylic acids is 1. The summed E-state index contributed by atoms with van der Waals surface area (Å²) in [4.78, 5) is 20.4. The Kier molecular flexibility index (Phi) is 6.03. The van der Waals surface area contributed by atoms with Crippen LogP contribution in [0.15, 0.2) is 82.4 Å². The van der Waals surface area contributed by atoms with Crippen molar-refractivity contribution in [3.8, 4) is 22.6 Å². The molecule has 0 unspecified atom stereocenters. The van der Waals surface area contributed by atoms with Crippen LogP contribution in [0.4, 0.5) is 0 Å². The van der Waals surface area contributed by atoms with Crippen LogP contribution in [0.5, 0.6) is 0 Å². The van der Waals surface area contributed by atoms with E-state index in [2.05, 4.69) is 10.3 Å². The fourth-order valence-corrected chi connectivity index (χ4v) is 3.76. The molecule has 0 aliphatic carbocycles. The zero-order valence-electron chi connectivity index (χ0n) is 15.4. The molecule has 0 spiro atoms. The van der Waals surface area contributed by atoms with E-state index in [1.165, 1.54) is 11.8 Å². The number of carbonyl (C=O) groups is 1. The number of nitrogens with one attached hydrogen (secondary N) is 2. The summed E-state index contributed by atoms with van der Waals surface area (Å²) < 4.78 is 5.24. The molecule has 0 aliphatic rings. The molecule has 4 rings (SSSR count). The number of hydrogen-bond donors (Lipinski definition) is 2. The van der Waals surface area contributed by atoms with E-state index in [-0.39, 0.29) is 11.7 Å². The summed E-state index contributed by atoms with van der Waals surface area (Å²) in [5, 5.41) is 4.28. The van der Waals surface area contributed by atoms with Crippen LogP contribution in [-0.4, -0.2) is 21.6 Å². The van der Waals surface area contributed by atoms with E-state index in [0.29, 0.717) is 11.6 Å². The van der Waals surface area contributed by atoms with Crippen molar-refractivity contribution in [1.82, 2.24) is 15.3 Å². The first-order chi connectivity index (χ1) is 14.2. The number of rotatable bonds is 7. The van der Waals surface area contributed by atoms with Crippen LogP contribution in [0.3, 0.4) is 0 Å². The van der Waals surface area contributed by atoms with Crippen molar-refractivity contribution >= 4 is 29.3 Å². The fourth-order valence-electron chi connectivity index (χ4n) is 2.79. The molecule has 7 heteroatoms. The molecule has 0 saturated carbocycles. The maximum absolute atomic E-state index is 12.3. The number of furan rings is 1. The van der Waals surface area contributed by atoms with E-state index < -0.39 is 0 Å². The van der Waals surface area contributed by atoms with Gasteiger partial charge in [-0.2, -0.15) is 0 Å². The zero-order valence-corrected chi connectivity index (χ0v) is 17.0. The minimum Gasteiger partial charge on any atom is -0.467 e. The lowest BCUT2D eigenvalue weighted by molar-refractivity contribution is -0.118. The summed E-state index contributed by atoms with van der Waals surface area (Å²) in [5.74, 6) is 1.64. The van der Waals surface area contributed by atoms with Gasteiger partial charge in [-0.3, -0.25) is 4.79 Å². The molecule has 146 valence electrons. The normalized spacial score (nSPS) is 10.8. The Hall–Kier alpha value is -2.96. The highest BCUT2D eigenvalue weighted by Crippen LogP contribution is 2.33. The van der Waals surface area contributed by atoms with Crippen LogP contribution < -0.4 is 5.32 Å². The third-order valence-corrected chi connectivity index (χ3v) is 5.46. The largest absolute Gasteiger partial charge is 0.467 e. The Morgan fingerprint density at radius 3 is 2.55 bits per heavy atom. The van der Waals surface area contributed by atoms with Crippen molar-refractivity contribution in [2.24, 2.45) is 0 Å². The molecule has 4 aromatic rings. The lowest BCUT2D eigenvalue weighted by atomic mass is 10.2. The predicted octanol–water partition coefficient (Wildman–Crippen LogP) is 5.40. The topological polar surface area (TPSA) is 70.9 Å². The molecule has 1 amide bonds. The number of halogens is 1. The van der Waals surface area contributed by atoms with Gasteiger partial charge in [0.15, 0.2) is 0 Å². The highest BCUT2D eigenvalue weighted by molar-refractivity contribution is 8.00. The molecule has 2 aromatic carbocycles. The monoisotopic (exact) mass is 423 g/mol. The van der Waals surface area contributed by atoms with Crippen LogP contribution in [0, 0.1) is 0 Å². The number of H-pyrrole nitrogens is 1. The number of amides is 1. The molecule has 2 heterocycles. The van der Waals surface area contributed by atoms with Crippen LogP contribution in [0.1, 0.15) is 5.76 Å². The van der Waals surface area contributed by atoms with Crippen LogP contribution >= 0.6 is 23.4 Å². The summed E-state index contributed by atoms with van der Waals surface area (Å²) in [6, 6.07) is 21.1. The van der Waals surface area contributed by atoms with Crippen molar-refractivity contribution in [1.29, 1.82) is 0 Å². The average molecular weight is 424 g/mol. The molecule has 29 heavy (non-hydrogen) atoms. The van der Waals surface area contributed by atoms with Crippen molar-refractivity contribution in [2.75, 3.05) is 5.75 Å². The number of thioether (sulfide) groups is 1. The number of benzene rings is 2. The number of aromatic nitrogens is 2. The van der Waals surface area contributed by atoms with Gasteiger partial charge < -0.3 is 14.7 Å². The molecule has 0 fully saturated rings. The minimum atomic E-state index is -0.0854. The van der Waals surface area contributed by atoms with Gasteiger partial charge in [0, 0.05) is 16.1 Å². The van der Waals surface area contributed by atoms with Gasteiger partial charge in [-0.15, -0.1) is 0 Å². The summed E-state index contributed by atoms with van der Waals surface area (Å²) in [6.07, 6.45) is 1.59. The molecule has 0 radical (unpaired) electrons. The zero-order chi connectivity index (χ0) is 20.1. The predicted molar refractivity (Wildman–Crippen MR) is 116 cm³/mol. The third-order valence-electron chi connectivity index (χ3n) is 4.23. The number of nitrogens with zero attached hydrogens (tertiary/aromatic N) is 1. The lowest BCUT2D eigenvalue weighted by Gasteiger charge is -2.04. The second-order valence-corrected chi connectivity index (χ2v) is 7.68. The highest BCUT2D eigenvalue weighted by atomic mass is 35.5. The smallest absolute Gasteiger partial charge is 0.230 e. The van der Waals surface area contributed by atoms with E-state index in [9.17, 15) is 4.79 Å². The molecule has 0 bridgehead atoms. The number of hydrogen-bond acceptors (Lipinski definition) is 4. The molecule has 0 atom stereocenters. The summed E-state index contributed by atoms with van der Waals surface area (Å²) in [7, 11) is 0. The SMILES string of the molecule is O=C(CSc1nc(-c2ccccc2)[nH]c1-c1ccc(Cl)cc1)NCc1ccco1. The maximum atomic E-state index is 12.3. The highest BCUT2D eigenvalue weighted by Gasteiger charge is 2.15. The standard InChI is InChI=1S/C22H18ClN3O2S/c23-17-10-8-15(9-11-17)20-22(26-21(25-20)16-5-2-1-3-6-16)29-14-19(27)24-13-18-7-4-12-28-18/h1-12H,13-14H2,(H,24,27)(H,25,26). The Balaban J connectivity index is 1.53. The molecule has 0 saturated heterocycles. The third kappa shape index (κ3) is 4.91. The van der Waals surface area contributed by atoms with Crippen LogP contribution in [0.2, 0.25) is 5.02 Å². The van der Waals surface area contributed by atoms with Crippen molar-refractivity contribution < 1.29 is 9.21 Å². The first-order valence-corrected chi connectivity index (χ1v) is 10.4. The van der Waals surface area contributed by atoms with Gasteiger partial charge in [0.05, 0.1) is 24.3 Å². The van der Waals surface area contributed by atoms with Gasteiger partial charge >= 0.3 is 0 Å². The minimum absolute atomic E-state index is 0.0854. The summed E-state index contributed by atoms with van der Waals surface area (Å²) in [6.45, 7) is 0.367. The van der Waals surface area contributed by atoms with E-state index in [1.54, 1.807) is 12.3 Å². The van der Waals surface area contributed by atoms with Crippen molar-refractivity contribution in [3.05, 3.63) is 83.8 Å². The van der Waals surface area contributed by atoms with E-state index >= 15 is 0 Å². The molecular weight excluding hydrogens is 406 g/mol. The molecule has 5 nitrogen and oxygen atoms in total. The average Bonchev–Trinajstić information content (AvgIpc) is 3.42. The van der Waals surface area contributed by atoms with Gasteiger partial charge in [-0.25, -0.2) is 4.98 Å². The van der Waals surface area contributed by atoms with Gasteiger partial charge in [-0.1, -0.05) is 65.8 Å². The first kappa shape index (κ1) is 19.4. The molecule has 2 aromatic heterocycles. The summed E-state index contributed by atoms with van der Waals surface area (Å²) >= 11 is 7.42. The molecule has 0 aliphatic heterocycles. The second-order valence-electron chi connectivity index (χ2n) is 6.28. The Morgan fingerprint density at radius 1 is 1.03 bits per heavy atom. The van der Waals surface area contributed by atoms with Crippen molar-refractivity contribution in [2.45, 2.75) is 11.6 Å². The first-order valence-electron chi connectivity index (χ1n) is 9.02. The molecular formula is C22H18ClN3O2S. The maximum Gasteiger partial charge on any atom is 0.230 e. The van der Waals surface area contributed by atoms with Gasteiger partial charge in [0.25, 0.3) is 0 Å². The Labute approximate surface area is 177 Å². The van der Waals surface area contributed by atoms with Gasteiger partial charge in [-0.05, 0) is 24.3 Å². The van der Waals surface area contributed by atoms with E-state index in [4.69, 9.17) is 21.0 Å². The molecule has 2 N–H and O–H groups in total. The quantitative estimate of drug-likeness (QED) is 0.390.